The van der Waals surface area contributed by atoms with E-state index in [4.69, 9.17) is 20.5 Å². The maximum absolute atomic E-state index is 8.98. The lowest BCUT2D eigenvalue weighted by atomic mass is 10.2. The van der Waals surface area contributed by atoms with Gasteiger partial charge >= 0.3 is 0 Å². The maximum atomic E-state index is 8.98. The van der Waals surface area contributed by atoms with Crippen molar-refractivity contribution in [3.63, 3.8) is 0 Å². The molecule has 0 saturated heterocycles. The molecular weight excluding hydrogens is 254 g/mol. The van der Waals surface area contributed by atoms with Crippen molar-refractivity contribution in [1.82, 2.24) is 4.98 Å². The van der Waals surface area contributed by atoms with E-state index in [9.17, 15) is 0 Å². The Morgan fingerprint density at radius 1 is 1.30 bits per heavy atom. The van der Waals surface area contributed by atoms with E-state index in [1.54, 1.807) is 19.4 Å². The number of nitrogens with zero attached hydrogens (tertiary/aromatic N) is 2. The molecule has 0 atom stereocenters. The topological polar surface area (TPSA) is 81.2 Å². The minimum atomic E-state index is 0.259. The fourth-order valence-electron chi connectivity index (χ4n) is 1.77. The molecule has 0 aliphatic heterocycles. The second-order valence-corrected chi connectivity index (χ2v) is 4.10. The number of nitriles is 1. The van der Waals surface area contributed by atoms with Crippen molar-refractivity contribution in [1.29, 1.82) is 5.26 Å². The first kappa shape index (κ1) is 13.8. The van der Waals surface area contributed by atoms with Crippen LogP contribution < -0.4 is 15.2 Å². The van der Waals surface area contributed by atoms with Crippen LogP contribution >= 0.6 is 0 Å². The van der Waals surface area contributed by atoms with Crippen molar-refractivity contribution in [3.05, 3.63) is 53.3 Å². The van der Waals surface area contributed by atoms with Gasteiger partial charge in [-0.1, -0.05) is 12.1 Å². The molecule has 1 heterocycles. The number of hydrogen-bond acceptors (Lipinski definition) is 5. The minimum Gasteiger partial charge on any atom is -0.493 e. The summed E-state index contributed by atoms with van der Waals surface area (Å²) in [4.78, 5) is 3.99. The number of methoxy groups -OCH3 is 1. The molecule has 0 unspecified atom stereocenters. The van der Waals surface area contributed by atoms with Gasteiger partial charge in [0.25, 0.3) is 0 Å². The summed E-state index contributed by atoms with van der Waals surface area (Å²) >= 11 is 0. The van der Waals surface area contributed by atoms with E-state index < -0.39 is 0 Å². The van der Waals surface area contributed by atoms with Crippen LogP contribution in [-0.2, 0) is 13.2 Å². The fraction of sp³-hybridized carbons (Fsp3) is 0.200. The van der Waals surface area contributed by atoms with Crippen LogP contribution in [0.5, 0.6) is 11.5 Å². The van der Waals surface area contributed by atoms with E-state index in [0.29, 0.717) is 23.7 Å². The highest BCUT2D eigenvalue weighted by Gasteiger charge is 2.08. The van der Waals surface area contributed by atoms with Crippen molar-refractivity contribution in [2.24, 2.45) is 5.73 Å². The first-order valence-corrected chi connectivity index (χ1v) is 6.12. The predicted molar refractivity (Wildman–Crippen MR) is 74.2 cm³/mol. The summed E-state index contributed by atoms with van der Waals surface area (Å²) in [5.41, 5.74) is 7.65. The summed E-state index contributed by atoms with van der Waals surface area (Å²) in [6.45, 7) is 0.701. The standard InChI is InChI=1S/C15H15N3O2/c1-19-15-7-11(8-16)4-5-14(15)20-10-12-3-2-6-18-13(12)9-17/h2-7H,8,10,16H2,1H3. The van der Waals surface area contributed by atoms with Crippen LogP contribution in [0, 0.1) is 11.3 Å². The van der Waals surface area contributed by atoms with Gasteiger partial charge in [-0.2, -0.15) is 5.26 Å². The predicted octanol–water partition coefficient (Wildman–Crippen LogP) is 2.00. The van der Waals surface area contributed by atoms with Gasteiger partial charge in [0.1, 0.15) is 18.4 Å². The summed E-state index contributed by atoms with van der Waals surface area (Å²) in [7, 11) is 1.58. The molecule has 0 aliphatic rings. The molecular formula is C15H15N3O2. The molecule has 0 radical (unpaired) electrons. The Morgan fingerprint density at radius 2 is 2.15 bits per heavy atom. The Kier molecular flexibility index (Phi) is 4.53. The number of ether oxygens (including phenoxy) is 2. The van der Waals surface area contributed by atoms with E-state index in [1.165, 1.54) is 0 Å². The Labute approximate surface area is 117 Å². The second-order valence-electron chi connectivity index (χ2n) is 4.10. The molecule has 1 aromatic heterocycles. The molecule has 5 heteroatoms. The van der Waals surface area contributed by atoms with Crippen molar-refractivity contribution in [2.45, 2.75) is 13.2 Å². The molecule has 0 amide bonds. The highest BCUT2D eigenvalue weighted by atomic mass is 16.5. The number of rotatable bonds is 5. The summed E-state index contributed by atoms with van der Waals surface area (Å²) in [6, 6.07) is 11.2. The summed E-state index contributed by atoms with van der Waals surface area (Å²) in [5.74, 6) is 1.23. The lowest BCUT2D eigenvalue weighted by Crippen LogP contribution is -2.02. The Balaban J connectivity index is 2.17. The van der Waals surface area contributed by atoms with Crippen LogP contribution in [0.2, 0.25) is 0 Å². The van der Waals surface area contributed by atoms with Crippen LogP contribution in [-0.4, -0.2) is 12.1 Å². The van der Waals surface area contributed by atoms with Gasteiger partial charge in [0.15, 0.2) is 11.5 Å². The van der Waals surface area contributed by atoms with Crippen LogP contribution in [0.25, 0.3) is 0 Å². The zero-order valence-corrected chi connectivity index (χ0v) is 11.2. The normalized spacial score (nSPS) is 9.85. The van der Waals surface area contributed by atoms with E-state index in [1.807, 2.05) is 30.3 Å². The fourth-order valence-corrected chi connectivity index (χ4v) is 1.77. The lowest BCUT2D eigenvalue weighted by molar-refractivity contribution is 0.283. The number of hydrogen-bond donors (Lipinski definition) is 1. The van der Waals surface area contributed by atoms with Gasteiger partial charge in [0.2, 0.25) is 0 Å². The van der Waals surface area contributed by atoms with E-state index in [-0.39, 0.29) is 6.61 Å². The largest absolute Gasteiger partial charge is 0.493 e. The molecule has 0 aliphatic carbocycles. The van der Waals surface area contributed by atoms with Gasteiger partial charge < -0.3 is 15.2 Å². The van der Waals surface area contributed by atoms with Gasteiger partial charge in [-0.25, -0.2) is 4.98 Å². The van der Waals surface area contributed by atoms with Crippen LogP contribution in [0.3, 0.4) is 0 Å². The van der Waals surface area contributed by atoms with Crippen LogP contribution in [0.1, 0.15) is 16.8 Å². The van der Waals surface area contributed by atoms with Gasteiger partial charge in [-0.15, -0.1) is 0 Å². The average molecular weight is 269 g/mol. The maximum Gasteiger partial charge on any atom is 0.161 e. The number of nitrogens with two attached hydrogens (primary N) is 1. The molecule has 0 fully saturated rings. The third-order valence-electron chi connectivity index (χ3n) is 2.84. The molecule has 102 valence electrons. The molecule has 2 rings (SSSR count). The Morgan fingerprint density at radius 3 is 2.85 bits per heavy atom. The van der Waals surface area contributed by atoms with E-state index in [0.717, 1.165) is 11.1 Å². The van der Waals surface area contributed by atoms with Crippen molar-refractivity contribution < 1.29 is 9.47 Å². The number of aromatic nitrogens is 1. The second kappa shape index (κ2) is 6.55. The molecule has 1 aromatic carbocycles. The summed E-state index contributed by atoms with van der Waals surface area (Å²) in [5, 5.41) is 8.98. The van der Waals surface area contributed by atoms with Crippen LogP contribution in [0.4, 0.5) is 0 Å². The summed E-state index contributed by atoms with van der Waals surface area (Å²) in [6.07, 6.45) is 1.58. The number of benzene rings is 1. The first-order chi connectivity index (χ1) is 9.78. The van der Waals surface area contributed by atoms with Crippen molar-refractivity contribution >= 4 is 0 Å². The third-order valence-corrected chi connectivity index (χ3v) is 2.84. The molecule has 5 nitrogen and oxygen atoms in total. The van der Waals surface area contributed by atoms with Gasteiger partial charge in [-0.3, -0.25) is 0 Å². The van der Waals surface area contributed by atoms with Gasteiger partial charge in [0.05, 0.1) is 7.11 Å². The highest BCUT2D eigenvalue weighted by Crippen LogP contribution is 2.28. The lowest BCUT2D eigenvalue weighted by Gasteiger charge is -2.12. The number of pyridine rings is 1. The molecule has 0 spiro atoms. The summed E-state index contributed by atoms with van der Waals surface area (Å²) < 4.78 is 11.0. The first-order valence-electron chi connectivity index (χ1n) is 6.12. The third kappa shape index (κ3) is 3.05. The van der Waals surface area contributed by atoms with Gasteiger partial charge in [0, 0.05) is 18.3 Å². The smallest absolute Gasteiger partial charge is 0.161 e. The SMILES string of the molecule is COc1cc(CN)ccc1OCc1cccnc1C#N. The highest BCUT2D eigenvalue weighted by molar-refractivity contribution is 5.43. The molecule has 0 saturated carbocycles. The van der Waals surface area contributed by atoms with Crippen molar-refractivity contribution in [3.8, 4) is 17.6 Å². The van der Waals surface area contributed by atoms with Crippen LogP contribution in [0.15, 0.2) is 36.5 Å². The van der Waals surface area contributed by atoms with E-state index >= 15 is 0 Å². The molecule has 2 N–H and O–H groups in total. The Bertz CT molecular complexity index is 635. The Hall–Kier alpha value is -2.58. The monoisotopic (exact) mass is 269 g/mol. The quantitative estimate of drug-likeness (QED) is 0.897. The molecule has 20 heavy (non-hydrogen) atoms. The minimum absolute atomic E-state index is 0.259. The average Bonchev–Trinajstić information content (AvgIpc) is 2.52. The van der Waals surface area contributed by atoms with Gasteiger partial charge in [-0.05, 0) is 23.8 Å². The molecule has 0 bridgehead atoms. The zero-order chi connectivity index (χ0) is 14.4. The zero-order valence-electron chi connectivity index (χ0n) is 11.2. The van der Waals surface area contributed by atoms with Crippen molar-refractivity contribution in [2.75, 3.05) is 7.11 Å². The van der Waals surface area contributed by atoms with E-state index in [2.05, 4.69) is 4.98 Å². The molecule has 2 aromatic rings.